The number of hydrogen-bond acceptors (Lipinski definition) is 1. The average Bonchev–Trinajstić information content (AvgIpc) is 2.62. The lowest BCUT2D eigenvalue weighted by Crippen LogP contribution is -2.68. The minimum atomic E-state index is -2.53. The van der Waals surface area contributed by atoms with E-state index in [-0.39, 0.29) is 5.04 Å². The van der Waals surface area contributed by atoms with Gasteiger partial charge in [0, 0.05) is 12.1 Å². The Balaban J connectivity index is 2.23. The molecule has 3 heteroatoms. The van der Waals surface area contributed by atoms with Gasteiger partial charge < -0.3 is 10.2 Å². The zero-order chi connectivity index (χ0) is 17.9. The Morgan fingerprint density at radius 2 is 1.12 bits per heavy atom. The predicted molar refractivity (Wildman–Crippen MR) is 107 cm³/mol. The summed E-state index contributed by atoms with van der Waals surface area (Å²) in [5.41, 5.74) is 4.97. The molecule has 0 aliphatic heterocycles. The molecule has 0 saturated heterocycles. The summed E-state index contributed by atoms with van der Waals surface area (Å²) in [6.45, 7) is 6.86. The molecule has 25 heavy (non-hydrogen) atoms. The molecule has 3 rings (SSSR count). The van der Waals surface area contributed by atoms with Crippen LogP contribution in [0.2, 0.25) is 5.04 Å². The van der Waals surface area contributed by atoms with E-state index in [4.69, 9.17) is 4.43 Å². The Morgan fingerprint density at radius 1 is 0.680 bits per heavy atom. The number of benzene rings is 3. The summed E-state index contributed by atoms with van der Waals surface area (Å²) in [6.07, 6.45) is 0. The van der Waals surface area contributed by atoms with Crippen molar-refractivity contribution in [1.82, 2.24) is 0 Å². The van der Waals surface area contributed by atoms with Crippen LogP contribution in [0.4, 0.5) is 5.69 Å². The summed E-state index contributed by atoms with van der Waals surface area (Å²) in [6, 6.07) is 29.5. The van der Waals surface area contributed by atoms with Gasteiger partial charge in [-0.15, -0.1) is 0 Å². The molecule has 3 N–H and O–H groups in total. The van der Waals surface area contributed by atoms with E-state index in [1.807, 2.05) is 24.3 Å². The second kappa shape index (κ2) is 6.87. The molecule has 0 heterocycles. The third kappa shape index (κ3) is 3.39. The first kappa shape index (κ1) is 17.5. The summed E-state index contributed by atoms with van der Waals surface area (Å²) in [7, 11) is -2.53. The molecule has 0 aliphatic carbocycles. The fourth-order valence-corrected chi connectivity index (χ4v) is 7.80. The monoisotopic (exact) mass is 348 g/mol. The largest absolute Gasteiger partial charge is 0.534 e. The van der Waals surface area contributed by atoms with Crippen molar-refractivity contribution in [3.63, 3.8) is 0 Å². The molecule has 0 fully saturated rings. The molecule has 0 unspecified atom stereocenters. The van der Waals surface area contributed by atoms with Gasteiger partial charge in [-0.05, 0) is 27.5 Å². The van der Waals surface area contributed by atoms with Gasteiger partial charge in [-0.2, -0.15) is 0 Å². The van der Waals surface area contributed by atoms with Crippen molar-refractivity contribution in [2.45, 2.75) is 25.8 Å². The summed E-state index contributed by atoms with van der Waals surface area (Å²) in [5, 5.41) is 2.54. The van der Waals surface area contributed by atoms with Crippen LogP contribution in [0.3, 0.4) is 0 Å². The van der Waals surface area contributed by atoms with E-state index in [1.165, 1.54) is 10.4 Å². The van der Waals surface area contributed by atoms with Crippen LogP contribution in [-0.4, -0.2) is 8.32 Å². The van der Waals surface area contributed by atoms with Gasteiger partial charge in [-0.25, -0.2) is 0 Å². The van der Waals surface area contributed by atoms with Crippen molar-refractivity contribution in [3.05, 3.63) is 84.9 Å². The van der Waals surface area contributed by atoms with Crippen molar-refractivity contribution >= 4 is 24.4 Å². The van der Waals surface area contributed by atoms with Crippen LogP contribution < -0.4 is 20.5 Å². The first-order valence-corrected chi connectivity index (χ1v) is 10.6. The molecule has 0 amide bonds. The van der Waals surface area contributed by atoms with Crippen LogP contribution in [-0.2, 0) is 0 Å². The number of quaternary nitrogens is 1. The fraction of sp³-hybridized carbons (Fsp3) is 0.182. The first-order chi connectivity index (χ1) is 11.9. The van der Waals surface area contributed by atoms with Crippen LogP contribution >= 0.6 is 0 Å². The molecule has 0 aliphatic rings. The van der Waals surface area contributed by atoms with Crippen LogP contribution in [0.5, 0.6) is 5.75 Å². The molecular formula is C22H26NOSi+. The van der Waals surface area contributed by atoms with E-state index in [9.17, 15) is 0 Å². The highest BCUT2D eigenvalue weighted by Crippen LogP contribution is 2.37. The minimum absolute atomic E-state index is 0.0289. The standard InChI is InChI=1S/C22H25NOSi/c1-22(2,3)25(20-10-6-4-7-11-20,21-12-8-5-9-13-21)24-19-16-14-18(23)15-17-19/h4-17H,23H2,1-3H3/p+1. The second-order valence-corrected chi connectivity index (χ2v) is 11.6. The summed E-state index contributed by atoms with van der Waals surface area (Å²) >= 11 is 0. The lowest BCUT2D eigenvalue weighted by molar-refractivity contribution is -0.254. The van der Waals surface area contributed by atoms with Gasteiger partial charge in [0.2, 0.25) is 0 Å². The van der Waals surface area contributed by atoms with Crippen molar-refractivity contribution < 1.29 is 10.2 Å². The van der Waals surface area contributed by atoms with Crippen LogP contribution in [0, 0.1) is 0 Å². The molecule has 3 aromatic rings. The normalized spacial score (nSPS) is 12.0. The van der Waals surface area contributed by atoms with E-state index in [1.54, 1.807) is 0 Å². The van der Waals surface area contributed by atoms with Gasteiger partial charge in [-0.1, -0.05) is 81.4 Å². The Bertz CT molecular complexity index is 769. The maximum absolute atomic E-state index is 6.90. The van der Waals surface area contributed by atoms with Gasteiger partial charge in [0.25, 0.3) is 0 Å². The Morgan fingerprint density at radius 3 is 1.52 bits per heavy atom. The zero-order valence-corrected chi connectivity index (χ0v) is 16.2. The quantitative estimate of drug-likeness (QED) is 0.720. The predicted octanol–water partition coefficient (Wildman–Crippen LogP) is 3.50. The molecule has 0 spiro atoms. The Kier molecular flexibility index (Phi) is 4.79. The topological polar surface area (TPSA) is 36.9 Å². The van der Waals surface area contributed by atoms with E-state index >= 15 is 0 Å². The molecule has 128 valence electrons. The smallest absolute Gasteiger partial charge is 0.319 e. The Labute approximate surface area is 151 Å². The molecule has 0 saturated carbocycles. The van der Waals surface area contributed by atoms with Crippen LogP contribution in [0.15, 0.2) is 84.9 Å². The van der Waals surface area contributed by atoms with Crippen molar-refractivity contribution in [1.29, 1.82) is 0 Å². The highest BCUT2D eigenvalue weighted by molar-refractivity contribution is 7.00. The van der Waals surface area contributed by atoms with Gasteiger partial charge in [0.15, 0.2) is 0 Å². The Hall–Kier alpha value is -2.36. The molecule has 0 atom stereocenters. The molecule has 0 radical (unpaired) electrons. The van der Waals surface area contributed by atoms with Gasteiger partial charge in [0.1, 0.15) is 11.4 Å². The second-order valence-electron chi connectivity index (χ2n) is 7.41. The third-order valence-electron chi connectivity index (χ3n) is 4.61. The average molecular weight is 349 g/mol. The number of rotatable bonds is 4. The summed E-state index contributed by atoms with van der Waals surface area (Å²) in [5.74, 6) is 0.904. The van der Waals surface area contributed by atoms with Crippen molar-refractivity contribution in [2.24, 2.45) is 0 Å². The highest BCUT2D eigenvalue weighted by atomic mass is 28.4. The maximum atomic E-state index is 6.90. The van der Waals surface area contributed by atoms with E-state index < -0.39 is 8.32 Å². The van der Waals surface area contributed by atoms with Crippen molar-refractivity contribution in [3.8, 4) is 5.75 Å². The van der Waals surface area contributed by atoms with E-state index in [0.29, 0.717) is 0 Å². The van der Waals surface area contributed by atoms with Crippen LogP contribution in [0.1, 0.15) is 20.8 Å². The fourth-order valence-electron chi connectivity index (χ4n) is 3.38. The van der Waals surface area contributed by atoms with E-state index in [0.717, 1.165) is 11.4 Å². The molecule has 0 bridgehead atoms. The van der Waals surface area contributed by atoms with Gasteiger partial charge >= 0.3 is 8.32 Å². The van der Waals surface area contributed by atoms with Crippen molar-refractivity contribution in [2.75, 3.05) is 0 Å². The summed E-state index contributed by atoms with van der Waals surface area (Å²) < 4.78 is 6.90. The van der Waals surface area contributed by atoms with E-state index in [2.05, 4.69) is 87.2 Å². The van der Waals surface area contributed by atoms with Gasteiger partial charge in [0.05, 0.1) is 0 Å². The van der Waals surface area contributed by atoms with Gasteiger partial charge in [-0.3, -0.25) is 0 Å². The first-order valence-electron chi connectivity index (χ1n) is 8.65. The lowest BCUT2D eigenvalue weighted by Gasteiger charge is -2.43. The molecule has 2 nitrogen and oxygen atoms in total. The third-order valence-corrected chi connectivity index (χ3v) is 9.56. The molecular weight excluding hydrogens is 322 g/mol. The highest BCUT2D eigenvalue weighted by Gasteiger charge is 2.52. The summed E-state index contributed by atoms with van der Waals surface area (Å²) in [4.78, 5) is 0. The lowest BCUT2D eigenvalue weighted by atomic mass is 10.2. The zero-order valence-electron chi connectivity index (χ0n) is 15.2. The van der Waals surface area contributed by atoms with Crippen LogP contribution in [0.25, 0.3) is 0 Å². The molecule has 0 aromatic heterocycles. The molecule has 3 aromatic carbocycles. The maximum Gasteiger partial charge on any atom is 0.319 e. The minimum Gasteiger partial charge on any atom is -0.534 e. The SMILES string of the molecule is CC(C)(C)[Si](Oc1ccc([NH3+])cc1)(c1ccccc1)c1ccccc1. The number of hydrogen-bond donors (Lipinski definition) is 1.